The summed E-state index contributed by atoms with van der Waals surface area (Å²) in [5, 5.41) is 3.36. The summed E-state index contributed by atoms with van der Waals surface area (Å²) in [5.41, 5.74) is 0. The Bertz CT molecular complexity index is 309. The molecule has 0 fully saturated rings. The van der Waals surface area contributed by atoms with Crippen molar-refractivity contribution in [1.29, 1.82) is 0 Å². The van der Waals surface area contributed by atoms with Crippen LogP contribution in [-0.2, 0) is 0 Å². The van der Waals surface area contributed by atoms with Gasteiger partial charge in [0, 0.05) is 6.04 Å². The monoisotopic (exact) mass is 349 g/mol. The van der Waals surface area contributed by atoms with E-state index in [-0.39, 0.29) is 0 Å². The molecule has 16 heavy (non-hydrogen) atoms. The normalized spacial score (nSPS) is 10.8. The quantitative estimate of drug-likeness (QED) is 0.783. The van der Waals surface area contributed by atoms with Crippen LogP contribution < -0.4 is 10.1 Å². The number of halogens is 2. The van der Waals surface area contributed by atoms with Crippen LogP contribution in [0.4, 0.5) is 0 Å². The van der Waals surface area contributed by atoms with E-state index in [1.165, 1.54) is 0 Å². The SMILES string of the molecule is CC(C)NCCCOc1c(Br)cccc1Br. The summed E-state index contributed by atoms with van der Waals surface area (Å²) in [6.07, 6.45) is 1.01. The molecule has 0 unspecified atom stereocenters. The molecule has 0 saturated carbocycles. The highest BCUT2D eigenvalue weighted by Gasteiger charge is 2.04. The Morgan fingerprint density at radius 1 is 1.25 bits per heavy atom. The topological polar surface area (TPSA) is 21.3 Å². The van der Waals surface area contributed by atoms with E-state index in [1.807, 2.05) is 18.2 Å². The molecular weight excluding hydrogens is 334 g/mol. The van der Waals surface area contributed by atoms with E-state index >= 15 is 0 Å². The van der Waals surface area contributed by atoms with Gasteiger partial charge in [-0.2, -0.15) is 0 Å². The fraction of sp³-hybridized carbons (Fsp3) is 0.500. The van der Waals surface area contributed by atoms with Crippen molar-refractivity contribution in [1.82, 2.24) is 5.32 Å². The second-order valence-corrected chi connectivity index (χ2v) is 5.57. The zero-order valence-electron chi connectivity index (χ0n) is 9.59. The van der Waals surface area contributed by atoms with Crippen LogP contribution in [-0.4, -0.2) is 19.2 Å². The standard InChI is InChI=1S/C12H17Br2NO/c1-9(2)15-7-4-8-16-12-10(13)5-3-6-11(12)14/h3,5-6,9,15H,4,7-8H2,1-2H3. The summed E-state index contributed by atoms with van der Waals surface area (Å²) in [6, 6.07) is 6.47. The molecule has 1 rings (SSSR count). The minimum absolute atomic E-state index is 0.537. The molecule has 90 valence electrons. The molecule has 0 amide bonds. The van der Waals surface area contributed by atoms with Gasteiger partial charge in [-0.15, -0.1) is 0 Å². The van der Waals surface area contributed by atoms with Crippen LogP contribution in [0.25, 0.3) is 0 Å². The third-order valence-corrected chi connectivity index (χ3v) is 3.29. The number of para-hydroxylation sites is 1. The fourth-order valence-corrected chi connectivity index (χ4v) is 2.48. The molecule has 0 radical (unpaired) electrons. The lowest BCUT2D eigenvalue weighted by Gasteiger charge is -2.11. The van der Waals surface area contributed by atoms with Crippen LogP contribution >= 0.6 is 31.9 Å². The summed E-state index contributed by atoms with van der Waals surface area (Å²) in [7, 11) is 0. The first kappa shape index (κ1) is 14.0. The zero-order valence-corrected chi connectivity index (χ0v) is 12.8. The Kier molecular flexibility index (Phi) is 6.39. The smallest absolute Gasteiger partial charge is 0.147 e. The Hall–Kier alpha value is -0.0600. The van der Waals surface area contributed by atoms with Crippen LogP contribution in [0.3, 0.4) is 0 Å². The van der Waals surface area contributed by atoms with Crippen molar-refractivity contribution in [2.75, 3.05) is 13.2 Å². The first-order valence-electron chi connectivity index (χ1n) is 5.41. The Morgan fingerprint density at radius 2 is 1.88 bits per heavy atom. The largest absolute Gasteiger partial charge is 0.491 e. The molecule has 1 aromatic carbocycles. The van der Waals surface area contributed by atoms with Crippen LogP contribution in [0, 0.1) is 0 Å². The third-order valence-electron chi connectivity index (χ3n) is 2.04. The molecule has 0 aromatic heterocycles. The molecule has 0 aliphatic rings. The minimum Gasteiger partial charge on any atom is -0.491 e. The number of hydrogen-bond donors (Lipinski definition) is 1. The van der Waals surface area contributed by atoms with Gasteiger partial charge in [-0.05, 0) is 57.0 Å². The molecule has 0 aliphatic carbocycles. The maximum Gasteiger partial charge on any atom is 0.147 e. The lowest BCUT2D eigenvalue weighted by atomic mass is 10.3. The summed E-state index contributed by atoms with van der Waals surface area (Å²) in [6.45, 7) is 6.00. The molecule has 4 heteroatoms. The molecule has 1 aromatic rings. The predicted molar refractivity (Wildman–Crippen MR) is 75.1 cm³/mol. The van der Waals surface area contributed by atoms with Crippen molar-refractivity contribution in [3.8, 4) is 5.75 Å². The van der Waals surface area contributed by atoms with Gasteiger partial charge in [0.15, 0.2) is 0 Å². The van der Waals surface area contributed by atoms with Crippen molar-refractivity contribution in [3.05, 3.63) is 27.1 Å². The average molecular weight is 351 g/mol. The maximum atomic E-state index is 5.72. The van der Waals surface area contributed by atoms with Crippen molar-refractivity contribution in [2.24, 2.45) is 0 Å². The second kappa shape index (κ2) is 7.30. The lowest BCUT2D eigenvalue weighted by Crippen LogP contribution is -2.24. The molecular formula is C12H17Br2NO. The first-order chi connectivity index (χ1) is 7.61. The van der Waals surface area contributed by atoms with Crippen LogP contribution in [0.15, 0.2) is 27.1 Å². The highest BCUT2D eigenvalue weighted by Crippen LogP contribution is 2.32. The summed E-state index contributed by atoms with van der Waals surface area (Å²) in [5.74, 6) is 0.882. The summed E-state index contributed by atoms with van der Waals surface area (Å²) < 4.78 is 7.69. The summed E-state index contributed by atoms with van der Waals surface area (Å²) in [4.78, 5) is 0. The fourth-order valence-electron chi connectivity index (χ4n) is 1.26. The zero-order chi connectivity index (χ0) is 12.0. The molecule has 0 heterocycles. The van der Waals surface area contributed by atoms with Crippen LogP contribution in [0.1, 0.15) is 20.3 Å². The molecule has 0 spiro atoms. The van der Waals surface area contributed by atoms with Gasteiger partial charge in [-0.25, -0.2) is 0 Å². The molecule has 2 nitrogen and oxygen atoms in total. The van der Waals surface area contributed by atoms with E-state index in [0.29, 0.717) is 6.04 Å². The molecule has 1 N–H and O–H groups in total. The third kappa shape index (κ3) is 4.85. The Labute approximate surface area is 114 Å². The number of benzene rings is 1. The van der Waals surface area contributed by atoms with E-state index in [0.717, 1.165) is 34.3 Å². The van der Waals surface area contributed by atoms with E-state index in [4.69, 9.17) is 4.74 Å². The van der Waals surface area contributed by atoms with Gasteiger partial charge in [0.25, 0.3) is 0 Å². The van der Waals surface area contributed by atoms with Crippen molar-refractivity contribution in [3.63, 3.8) is 0 Å². The predicted octanol–water partition coefficient (Wildman–Crippen LogP) is 3.98. The van der Waals surface area contributed by atoms with Crippen molar-refractivity contribution in [2.45, 2.75) is 26.3 Å². The second-order valence-electron chi connectivity index (χ2n) is 3.86. The molecule has 0 aliphatic heterocycles. The molecule has 0 saturated heterocycles. The highest BCUT2D eigenvalue weighted by molar-refractivity contribution is 9.11. The van der Waals surface area contributed by atoms with Crippen LogP contribution in [0.5, 0.6) is 5.75 Å². The highest BCUT2D eigenvalue weighted by atomic mass is 79.9. The maximum absolute atomic E-state index is 5.72. The summed E-state index contributed by atoms with van der Waals surface area (Å²) >= 11 is 6.94. The first-order valence-corrected chi connectivity index (χ1v) is 7.00. The Morgan fingerprint density at radius 3 is 2.44 bits per heavy atom. The van der Waals surface area contributed by atoms with Gasteiger partial charge >= 0.3 is 0 Å². The van der Waals surface area contributed by atoms with E-state index in [9.17, 15) is 0 Å². The van der Waals surface area contributed by atoms with Gasteiger partial charge in [0.2, 0.25) is 0 Å². The molecule has 0 atom stereocenters. The lowest BCUT2D eigenvalue weighted by molar-refractivity contribution is 0.302. The number of ether oxygens (including phenoxy) is 1. The van der Waals surface area contributed by atoms with Crippen molar-refractivity contribution >= 4 is 31.9 Å². The van der Waals surface area contributed by atoms with E-state index in [2.05, 4.69) is 51.0 Å². The number of hydrogen-bond acceptors (Lipinski definition) is 2. The van der Waals surface area contributed by atoms with E-state index in [1.54, 1.807) is 0 Å². The average Bonchev–Trinajstić information content (AvgIpc) is 2.21. The van der Waals surface area contributed by atoms with Gasteiger partial charge in [0.1, 0.15) is 5.75 Å². The van der Waals surface area contributed by atoms with Gasteiger partial charge in [-0.1, -0.05) is 19.9 Å². The Balaban J connectivity index is 2.32. The number of nitrogens with one attached hydrogen (secondary N) is 1. The van der Waals surface area contributed by atoms with E-state index < -0.39 is 0 Å². The van der Waals surface area contributed by atoms with Gasteiger partial charge in [0.05, 0.1) is 15.6 Å². The minimum atomic E-state index is 0.537. The van der Waals surface area contributed by atoms with Gasteiger partial charge < -0.3 is 10.1 Å². The van der Waals surface area contributed by atoms with Crippen LogP contribution in [0.2, 0.25) is 0 Å². The molecule has 0 bridgehead atoms. The number of rotatable bonds is 6. The van der Waals surface area contributed by atoms with Crippen molar-refractivity contribution < 1.29 is 4.74 Å². The van der Waals surface area contributed by atoms with Gasteiger partial charge in [-0.3, -0.25) is 0 Å².